The summed E-state index contributed by atoms with van der Waals surface area (Å²) in [6, 6.07) is 0. The van der Waals surface area contributed by atoms with Crippen molar-refractivity contribution in [2.24, 2.45) is 34.5 Å². The highest BCUT2D eigenvalue weighted by Crippen LogP contribution is 2.78. The number of fused-ring (bicyclic) bond motifs is 1. The Balaban J connectivity index is 1.73. The van der Waals surface area contributed by atoms with E-state index in [0.29, 0.717) is 12.3 Å². The van der Waals surface area contributed by atoms with Gasteiger partial charge in [-0.15, -0.1) is 0 Å². The molecular weight excluding hydrogens is 384 g/mol. The maximum Gasteiger partial charge on any atom is 0.312 e. The number of ether oxygens (including phenoxy) is 2. The van der Waals surface area contributed by atoms with E-state index < -0.39 is 19.3 Å². The number of allylic oxidation sites excluding steroid dienone is 1. The van der Waals surface area contributed by atoms with Crippen molar-refractivity contribution in [1.82, 2.24) is 0 Å². The van der Waals surface area contributed by atoms with Crippen molar-refractivity contribution >= 4 is 20.3 Å². The molecule has 0 N–H and O–H groups in total. The molecule has 5 aliphatic rings. The van der Waals surface area contributed by atoms with Gasteiger partial charge in [-0.2, -0.15) is 0 Å². The molecule has 0 aromatic carbocycles. The zero-order chi connectivity index (χ0) is 21.0. The van der Waals surface area contributed by atoms with E-state index in [9.17, 15) is 9.59 Å². The van der Waals surface area contributed by atoms with E-state index in [2.05, 4.69) is 26.2 Å². The quantitative estimate of drug-likeness (QED) is 0.393. The molecule has 1 saturated heterocycles. The van der Waals surface area contributed by atoms with Crippen LogP contribution in [0.3, 0.4) is 0 Å². The summed E-state index contributed by atoms with van der Waals surface area (Å²) in [7, 11) is -0.391. The third-order valence-corrected chi connectivity index (χ3v) is 10.0. The number of hydrogen-bond donors (Lipinski definition) is 0. The minimum Gasteiger partial charge on any atom is -0.469 e. The molecule has 5 rings (SSSR count). The molecule has 4 saturated carbocycles. The van der Waals surface area contributed by atoms with Crippen molar-refractivity contribution in [3.05, 3.63) is 12.2 Å². The zero-order valence-corrected chi connectivity index (χ0v) is 19.4. The van der Waals surface area contributed by atoms with Crippen LogP contribution in [0.4, 0.5) is 0 Å². The molecule has 3 unspecified atom stereocenters. The van der Waals surface area contributed by atoms with Gasteiger partial charge in [0.05, 0.1) is 24.5 Å². The van der Waals surface area contributed by atoms with E-state index in [-0.39, 0.29) is 41.2 Å². The summed E-state index contributed by atoms with van der Waals surface area (Å²) >= 11 is 0. The van der Waals surface area contributed by atoms with Crippen LogP contribution in [-0.4, -0.2) is 39.1 Å². The predicted molar refractivity (Wildman–Crippen MR) is 110 cm³/mol. The Morgan fingerprint density at radius 2 is 1.97 bits per heavy atom. The number of esters is 2. The maximum absolute atomic E-state index is 13.3. The fraction of sp³-hybridized carbons (Fsp3) is 0.826. The molecule has 0 aromatic rings. The number of carbonyl (C=O) groups excluding carboxylic acids is 2. The SMILES string of the molecule is C=C1C[C@]23C[C@H]1CCC2[C@]12OC(=O)C(C)(CC[C@H]1O[Si](C)(C)C)C2[C@@H]3C(=O)OC. The number of rotatable bonds is 3. The summed E-state index contributed by atoms with van der Waals surface area (Å²) in [5.74, 6) is -0.161. The minimum absolute atomic E-state index is 0.124. The molecule has 1 spiro atoms. The first-order valence-corrected chi connectivity index (χ1v) is 14.6. The number of methoxy groups -OCH3 is 1. The Hall–Kier alpha value is -1.14. The van der Waals surface area contributed by atoms with Gasteiger partial charge in [-0.3, -0.25) is 9.59 Å². The lowest BCUT2D eigenvalue weighted by Crippen LogP contribution is -2.59. The second kappa shape index (κ2) is 5.76. The van der Waals surface area contributed by atoms with Gasteiger partial charge in [-0.1, -0.05) is 12.2 Å². The summed E-state index contributed by atoms with van der Waals surface area (Å²) in [6.45, 7) is 13.0. The van der Waals surface area contributed by atoms with Gasteiger partial charge in [0.2, 0.25) is 0 Å². The normalized spacial score (nSPS) is 50.2. The molecule has 29 heavy (non-hydrogen) atoms. The standard InChI is InChI=1S/C23H34O5Si/c1-13-11-22-12-14(13)7-8-15(22)23-16(28-29(4,5)6)9-10-21(2,20(25)27-23)18(23)17(22)19(24)26-3/h14-18H,1,7-12H2,2-6H3/t14-,15?,16-,17-,18?,21?,22+,23+/m1/s1. The second-order valence-electron chi connectivity index (χ2n) is 11.5. The molecule has 4 aliphatic carbocycles. The van der Waals surface area contributed by atoms with Crippen molar-refractivity contribution in [1.29, 1.82) is 0 Å². The highest BCUT2D eigenvalue weighted by atomic mass is 28.4. The van der Waals surface area contributed by atoms with Crippen LogP contribution in [0.15, 0.2) is 12.2 Å². The fourth-order valence-corrected chi connectivity index (χ4v) is 9.45. The molecule has 1 aliphatic heterocycles. The van der Waals surface area contributed by atoms with E-state index >= 15 is 0 Å². The van der Waals surface area contributed by atoms with Crippen LogP contribution in [0, 0.1) is 34.5 Å². The van der Waals surface area contributed by atoms with Crippen molar-refractivity contribution in [3.8, 4) is 0 Å². The van der Waals surface area contributed by atoms with Crippen molar-refractivity contribution in [2.45, 2.75) is 76.8 Å². The maximum atomic E-state index is 13.3. The summed E-state index contributed by atoms with van der Waals surface area (Å²) in [4.78, 5) is 26.6. The molecule has 5 nitrogen and oxygen atoms in total. The largest absolute Gasteiger partial charge is 0.469 e. The monoisotopic (exact) mass is 418 g/mol. The Labute approximate surface area is 174 Å². The van der Waals surface area contributed by atoms with Crippen LogP contribution < -0.4 is 0 Å². The van der Waals surface area contributed by atoms with Gasteiger partial charge < -0.3 is 13.9 Å². The zero-order valence-electron chi connectivity index (χ0n) is 18.4. The van der Waals surface area contributed by atoms with Crippen LogP contribution in [0.1, 0.15) is 45.4 Å². The summed E-state index contributed by atoms with van der Waals surface area (Å²) in [5, 5.41) is 0. The average Bonchev–Trinajstić information content (AvgIpc) is 3.10. The number of carbonyl (C=O) groups is 2. The van der Waals surface area contributed by atoms with Gasteiger partial charge in [-0.25, -0.2) is 0 Å². The third kappa shape index (κ3) is 2.25. The first-order valence-electron chi connectivity index (χ1n) is 11.2. The molecule has 5 fully saturated rings. The van der Waals surface area contributed by atoms with Crippen LogP contribution >= 0.6 is 0 Å². The third-order valence-electron chi connectivity index (χ3n) is 9.04. The molecule has 160 valence electrons. The van der Waals surface area contributed by atoms with Gasteiger partial charge in [0.1, 0.15) is 5.60 Å². The summed E-state index contributed by atoms with van der Waals surface area (Å²) in [5.41, 5.74) is -0.264. The smallest absolute Gasteiger partial charge is 0.312 e. The van der Waals surface area contributed by atoms with Crippen molar-refractivity contribution in [3.63, 3.8) is 0 Å². The Morgan fingerprint density at radius 1 is 1.24 bits per heavy atom. The highest BCUT2D eigenvalue weighted by molar-refractivity contribution is 6.69. The lowest BCUT2D eigenvalue weighted by atomic mass is 9.59. The van der Waals surface area contributed by atoms with E-state index in [0.717, 1.165) is 32.1 Å². The van der Waals surface area contributed by atoms with Crippen molar-refractivity contribution in [2.75, 3.05) is 7.11 Å². The van der Waals surface area contributed by atoms with Crippen LogP contribution in [0.2, 0.25) is 19.6 Å². The molecule has 1 heterocycles. The molecular formula is C23H34O5Si. The molecule has 0 aromatic heterocycles. The summed E-state index contributed by atoms with van der Waals surface area (Å²) < 4.78 is 18.6. The molecule has 4 bridgehead atoms. The lowest BCUT2D eigenvalue weighted by Gasteiger charge is -2.49. The lowest BCUT2D eigenvalue weighted by molar-refractivity contribution is -0.172. The molecule has 8 atom stereocenters. The van der Waals surface area contributed by atoms with E-state index in [4.69, 9.17) is 13.9 Å². The van der Waals surface area contributed by atoms with Gasteiger partial charge in [0, 0.05) is 11.8 Å². The molecule has 6 heteroatoms. The van der Waals surface area contributed by atoms with Crippen LogP contribution in [0.5, 0.6) is 0 Å². The predicted octanol–water partition coefficient (Wildman–Crippen LogP) is 4.08. The summed E-state index contributed by atoms with van der Waals surface area (Å²) in [6.07, 6.45) is 5.29. The topological polar surface area (TPSA) is 61.8 Å². The van der Waals surface area contributed by atoms with Gasteiger partial charge >= 0.3 is 11.9 Å². The molecule has 0 radical (unpaired) electrons. The Kier molecular flexibility index (Phi) is 3.93. The van der Waals surface area contributed by atoms with E-state index in [1.54, 1.807) is 0 Å². The fourth-order valence-electron chi connectivity index (χ4n) is 8.29. The highest BCUT2D eigenvalue weighted by Gasteiger charge is 2.84. The van der Waals surface area contributed by atoms with Gasteiger partial charge in [-0.05, 0) is 76.4 Å². The first kappa shape index (κ1) is 19.8. The molecule has 0 amide bonds. The Bertz CT molecular complexity index is 802. The van der Waals surface area contributed by atoms with E-state index in [1.807, 2.05) is 6.92 Å². The second-order valence-corrected chi connectivity index (χ2v) is 16.0. The van der Waals surface area contributed by atoms with Crippen LogP contribution in [-0.2, 0) is 23.5 Å². The first-order chi connectivity index (χ1) is 13.5. The van der Waals surface area contributed by atoms with Gasteiger partial charge in [0.25, 0.3) is 0 Å². The van der Waals surface area contributed by atoms with Gasteiger partial charge in [0.15, 0.2) is 8.32 Å². The van der Waals surface area contributed by atoms with Crippen LogP contribution in [0.25, 0.3) is 0 Å². The average molecular weight is 419 g/mol. The van der Waals surface area contributed by atoms with Crippen molar-refractivity contribution < 1.29 is 23.5 Å². The number of hydrogen-bond acceptors (Lipinski definition) is 5. The Morgan fingerprint density at radius 3 is 2.62 bits per heavy atom. The van der Waals surface area contributed by atoms with E-state index in [1.165, 1.54) is 12.7 Å². The minimum atomic E-state index is -1.87.